The van der Waals surface area contributed by atoms with Crippen molar-refractivity contribution in [3.63, 3.8) is 0 Å². The van der Waals surface area contributed by atoms with Gasteiger partial charge in [0.25, 0.3) is 0 Å². The summed E-state index contributed by atoms with van der Waals surface area (Å²) < 4.78 is 0. The van der Waals surface area contributed by atoms with E-state index >= 15 is 0 Å². The lowest BCUT2D eigenvalue weighted by atomic mass is 10.0. The third kappa shape index (κ3) is 6.05. The van der Waals surface area contributed by atoms with Gasteiger partial charge in [-0.3, -0.25) is 4.79 Å². The molecule has 2 aromatic rings. The first-order valence-corrected chi connectivity index (χ1v) is 8.91. The third-order valence-corrected chi connectivity index (χ3v) is 4.17. The normalized spacial score (nSPS) is 10.1. The van der Waals surface area contributed by atoms with Gasteiger partial charge < -0.3 is 0 Å². The maximum atomic E-state index is 11.3. The molecule has 0 heterocycles. The zero-order chi connectivity index (χ0) is 17.2. The fourth-order valence-electron chi connectivity index (χ4n) is 2.62. The van der Waals surface area contributed by atoms with Gasteiger partial charge in [-0.2, -0.15) is 0 Å². The molecule has 0 saturated heterocycles. The second-order valence-electron chi connectivity index (χ2n) is 6.24. The number of carbonyl (C=O) groups excluding carboxylic acids is 1. The Morgan fingerprint density at radius 1 is 0.792 bits per heavy atom. The Hall–Kier alpha value is -2.33. The molecule has 124 valence electrons. The first-order chi connectivity index (χ1) is 11.7. The van der Waals surface area contributed by atoms with Crippen molar-refractivity contribution in [3.8, 4) is 11.8 Å². The van der Waals surface area contributed by atoms with Crippen LogP contribution in [0, 0.1) is 11.8 Å². The number of aryl methyl sites for hydroxylation is 1. The maximum absolute atomic E-state index is 11.3. The monoisotopic (exact) mass is 318 g/mol. The van der Waals surface area contributed by atoms with Crippen LogP contribution in [-0.4, -0.2) is 5.78 Å². The molecule has 0 unspecified atom stereocenters. The van der Waals surface area contributed by atoms with E-state index < -0.39 is 0 Å². The molecule has 0 amide bonds. The van der Waals surface area contributed by atoms with Gasteiger partial charge in [-0.25, -0.2) is 0 Å². The minimum absolute atomic E-state index is 0.0831. The molecule has 0 saturated carbocycles. The van der Waals surface area contributed by atoms with E-state index in [-0.39, 0.29) is 5.78 Å². The number of benzene rings is 2. The molecule has 24 heavy (non-hydrogen) atoms. The van der Waals surface area contributed by atoms with Gasteiger partial charge in [-0.05, 0) is 49.6 Å². The average molecular weight is 318 g/mol. The summed E-state index contributed by atoms with van der Waals surface area (Å²) in [4.78, 5) is 11.3. The van der Waals surface area contributed by atoms with Gasteiger partial charge in [-0.1, -0.05) is 68.7 Å². The van der Waals surface area contributed by atoms with E-state index in [2.05, 4.69) is 43.0 Å². The lowest BCUT2D eigenvalue weighted by Crippen LogP contribution is -1.90. The molecule has 0 N–H and O–H groups in total. The van der Waals surface area contributed by atoms with E-state index in [1.807, 2.05) is 24.3 Å². The molecular formula is C23H26O. The van der Waals surface area contributed by atoms with Crippen molar-refractivity contribution in [1.29, 1.82) is 0 Å². The van der Waals surface area contributed by atoms with Gasteiger partial charge in [0.2, 0.25) is 0 Å². The van der Waals surface area contributed by atoms with E-state index in [0.717, 1.165) is 23.1 Å². The van der Waals surface area contributed by atoms with Crippen LogP contribution >= 0.6 is 0 Å². The molecule has 2 aromatic carbocycles. The van der Waals surface area contributed by atoms with Crippen molar-refractivity contribution in [2.24, 2.45) is 0 Å². The van der Waals surface area contributed by atoms with Crippen LogP contribution in [0.2, 0.25) is 0 Å². The summed E-state index contributed by atoms with van der Waals surface area (Å²) in [6.07, 6.45) is 7.75. The quantitative estimate of drug-likeness (QED) is 0.358. The largest absolute Gasteiger partial charge is 0.295 e. The number of Topliss-reactive ketones (excluding diaryl/α,β-unsaturated/α-hetero) is 1. The summed E-state index contributed by atoms with van der Waals surface area (Å²) in [6, 6.07) is 16.0. The molecule has 0 atom stereocenters. The average Bonchev–Trinajstić information content (AvgIpc) is 2.61. The molecule has 1 heteroatoms. The summed E-state index contributed by atoms with van der Waals surface area (Å²) in [5.41, 5.74) is 4.08. The Morgan fingerprint density at radius 2 is 1.33 bits per heavy atom. The fraction of sp³-hybridized carbons (Fsp3) is 0.348. The number of unbranched alkanes of at least 4 members (excludes halogenated alkanes) is 4. The van der Waals surface area contributed by atoms with E-state index in [1.165, 1.54) is 37.7 Å². The molecule has 0 aliphatic carbocycles. The summed E-state index contributed by atoms with van der Waals surface area (Å²) in [5.74, 6) is 6.42. The van der Waals surface area contributed by atoms with Crippen molar-refractivity contribution < 1.29 is 4.79 Å². The number of ketones is 1. The Bertz CT molecular complexity index is 696. The molecule has 0 bridgehead atoms. The second-order valence-corrected chi connectivity index (χ2v) is 6.24. The first-order valence-electron chi connectivity index (χ1n) is 8.91. The predicted molar refractivity (Wildman–Crippen MR) is 101 cm³/mol. The summed E-state index contributed by atoms with van der Waals surface area (Å²) >= 11 is 0. The summed E-state index contributed by atoms with van der Waals surface area (Å²) in [5, 5.41) is 0. The molecule has 0 fully saturated rings. The standard InChI is InChI=1S/C23H26O/c1-3-4-5-6-7-8-20-9-11-21(12-10-20)13-14-22-15-17-23(18-16-22)19(2)24/h9-12,15-18H,3-8H2,1-2H3. The lowest BCUT2D eigenvalue weighted by Gasteiger charge is -2.01. The molecular weight excluding hydrogens is 292 g/mol. The van der Waals surface area contributed by atoms with E-state index in [9.17, 15) is 4.79 Å². The van der Waals surface area contributed by atoms with Crippen LogP contribution in [0.15, 0.2) is 48.5 Å². The summed E-state index contributed by atoms with van der Waals surface area (Å²) in [7, 11) is 0. The fourth-order valence-corrected chi connectivity index (χ4v) is 2.62. The Morgan fingerprint density at radius 3 is 1.88 bits per heavy atom. The molecule has 0 aliphatic rings. The molecule has 2 rings (SSSR count). The minimum Gasteiger partial charge on any atom is -0.295 e. The molecule has 0 aliphatic heterocycles. The second kappa shape index (κ2) is 9.73. The van der Waals surface area contributed by atoms with Crippen LogP contribution in [0.1, 0.15) is 73.0 Å². The number of rotatable bonds is 7. The maximum Gasteiger partial charge on any atom is 0.159 e. The number of hydrogen-bond acceptors (Lipinski definition) is 1. The predicted octanol–water partition coefficient (Wildman–Crippen LogP) is 5.80. The van der Waals surface area contributed by atoms with Crippen LogP contribution < -0.4 is 0 Å². The van der Waals surface area contributed by atoms with Gasteiger partial charge in [0, 0.05) is 16.7 Å². The van der Waals surface area contributed by atoms with E-state index in [0.29, 0.717) is 0 Å². The Balaban J connectivity index is 1.88. The highest BCUT2D eigenvalue weighted by atomic mass is 16.1. The number of carbonyl (C=O) groups is 1. The molecule has 1 nitrogen and oxygen atoms in total. The lowest BCUT2D eigenvalue weighted by molar-refractivity contribution is 0.101. The van der Waals surface area contributed by atoms with Crippen LogP contribution in [-0.2, 0) is 6.42 Å². The minimum atomic E-state index is 0.0831. The van der Waals surface area contributed by atoms with Crippen LogP contribution in [0.25, 0.3) is 0 Å². The molecule has 0 spiro atoms. The van der Waals surface area contributed by atoms with E-state index in [1.54, 1.807) is 6.92 Å². The number of hydrogen-bond donors (Lipinski definition) is 0. The van der Waals surface area contributed by atoms with Crippen molar-refractivity contribution in [2.45, 2.75) is 52.4 Å². The van der Waals surface area contributed by atoms with E-state index in [4.69, 9.17) is 0 Å². The van der Waals surface area contributed by atoms with Crippen LogP contribution in [0.5, 0.6) is 0 Å². The highest BCUT2D eigenvalue weighted by Crippen LogP contribution is 2.10. The zero-order valence-corrected chi connectivity index (χ0v) is 14.8. The Kier molecular flexibility index (Phi) is 7.30. The van der Waals surface area contributed by atoms with Crippen molar-refractivity contribution in [3.05, 3.63) is 70.8 Å². The third-order valence-electron chi connectivity index (χ3n) is 4.17. The van der Waals surface area contributed by atoms with Gasteiger partial charge >= 0.3 is 0 Å². The Labute approximate surface area is 146 Å². The van der Waals surface area contributed by atoms with Crippen molar-refractivity contribution in [1.82, 2.24) is 0 Å². The molecule has 0 aromatic heterocycles. The highest BCUT2D eigenvalue weighted by molar-refractivity contribution is 5.94. The first kappa shape index (κ1) is 18.0. The van der Waals surface area contributed by atoms with Crippen molar-refractivity contribution >= 4 is 5.78 Å². The molecule has 0 radical (unpaired) electrons. The topological polar surface area (TPSA) is 17.1 Å². The highest BCUT2D eigenvalue weighted by Gasteiger charge is 1.97. The van der Waals surface area contributed by atoms with Crippen molar-refractivity contribution in [2.75, 3.05) is 0 Å². The van der Waals surface area contributed by atoms with Crippen LogP contribution in [0.3, 0.4) is 0 Å². The van der Waals surface area contributed by atoms with Gasteiger partial charge in [0.1, 0.15) is 0 Å². The SMILES string of the molecule is CCCCCCCc1ccc(C#Cc2ccc(C(C)=O)cc2)cc1. The smallest absolute Gasteiger partial charge is 0.159 e. The van der Waals surface area contributed by atoms with Gasteiger partial charge in [-0.15, -0.1) is 0 Å². The summed E-state index contributed by atoms with van der Waals surface area (Å²) in [6.45, 7) is 3.82. The van der Waals surface area contributed by atoms with Gasteiger partial charge in [0.05, 0.1) is 0 Å². The zero-order valence-electron chi connectivity index (χ0n) is 14.8. The van der Waals surface area contributed by atoms with Crippen LogP contribution in [0.4, 0.5) is 0 Å². The van der Waals surface area contributed by atoms with Gasteiger partial charge in [0.15, 0.2) is 5.78 Å².